The van der Waals surface area contributed by atoms with Crippen molar-refractivity contribution < 1.29 is 9.53 Å². The Bertz CT molecular complexity index is 818. The summed E-state index contributed by atoms with van der Waals surface area (Å²) >= 11 is 2.77. The van der Waals surface area contributed by atoms with Crippen LogP contribution in [0.4, 0.5) is 5.69 Å². The number of aromatic nitrogens is 1. The van der Waals surface area contributed by atoms with Crippen LogP contribution in [0.15, 0.2) is 57.5 Å². The van der Waals surface area contributed by atoms with Crippen LogP contribution < -0.4 is 5.32 Å². The number of ether oxygens (including phenoxy) is 1. The minimum absolute atomic E-state index is 0.332. The number of benzene rings is 1. The molecule has 1 N–H and O–H groups in total. The maximum absolute atomic E-state index is 11.8. The van der Waals surface area contributed by atoms with Crippen molar-refractivity contribution in [3.63, 3.8) is 0 Å². The van der Waals surface area contributed by atoms with Crippen molar-refractivity contribution in [3.8, 4) is 6.19 Å². The molecule has 0 bridgehead atoms. The van der Waals surface area contributed by atoms with Crippen molar-refractivity contribution in [2.45, 2.75) is 16.8 Å². The molecule has 0 fully saturated rings. The predicted molar refractivity (Wildman–Crippen MR) is 100 cm³/mol. The fourth-order valence-electron chi connectivity index (χ4n) is 1.83. The van der Waals surface area contributed by atoms with Crippen LogP contribution in [0, 0.1) is 11.5 Å². The molecule has 2 aromatic rings. The molecule has 0 aliphatic rings. The molecule has 0 aliphatic heterocycles. The van der Waals surface area contributed by atoms with Gasteiger partial charge in [0.05, 0.1) is 17.9 Å². The highest BCUT2D eigenvalue weighted by molar-refractivity contribution is 8.13. The van der Waals surface area contributed by atoms with Gasteiger partial charge in [-0.1, -0.05) is 29.6 Å². The van der Waals surface area contributed by atoms with Gasteiger partial charge in [0.1, 0.15) is 5.03 Å². The van der Waals surface area contributed by atoms with Gasteiger partial charge in [0.2, 0.25) is 0 Å². The number of esters is 1. The molecule has 0 saturated carbocycles. The smallest absolute Gasteiger partial charge is 0.338 e. The Labute approximate surface area is 154 Å². The molecule has 6 nitrogen and oxygen atoms in total. The van der Waals surface area contributed by atoms with E-state index in [4.69, 9.17) is 10.00 Å². The Morgan fingerprint density at radius 3 is 2.96 bits per heavy atom. The van der Waals surface area contributed by atoms with Gasteiger partial charge in [-0.2, -0.15) is 5.26 Å². The number of hydrogen-bond acceptors (Lipinski definition) is 7. The maximum atomic E-state index is 11.8. The highest BCUT2D eigenvalue weighted by Crippen LogP contribution is 2.29. The molecule has 0 radical (unpaired) electrons. The van der Waals surface area contributed by atoms with Crippen molar-refractivity contribution >= 4 is 40.3 Å². The van der Waals surface area contributed by atoms with Crippen molar-refractivity contribution in [2.75, 3.05) is 12.9 Å². The van der Waals surface area contributed by atoms with Crippen molar-refractivity contribution in [3.05, 3.63) is 48.2 Å². The van der Waals surface area contributed by atoms with Crippen molar-refractivity contribution in [1.82, 2.24) is 10.3 Å². The summed E-state index contributed by atoms with van der Waals surface area (Å²) in [5.41, 5.74) is 1.19. The van der Waals surface area contributed by atoms with Crippen LogP contribution in [-0.2, 0) is 4.74 Å². The molecular formula is C17H16N4O2S2. The third kappa shape index (κ3) is 5.81. The van der Waals surface area contributed by atoms with Gasteiger partial charge in [0, 0.05) is 11.1 Å². The van der Waals surface area contributed by atoms with Crippen LogP contribution in [0.5, 0.6) is 0 Å². The van der Waals surface area contributed by atoms with E-state index in [0.717, 1.165) is 10.6 Å². The lowest BCUT2D eigenvalue weighted by Gasteiger charge is -2.05. The zero-order valence-electron chi connectivity index (χ0n) is 13.7. The lowest BCUT2D eigenvalue weighted by Crippen LogP contribution is -2.12. The molecule has 128 valence electrons. The molecule has 1 aromatic heterocycles. The normalized spacial score (nSPS) is 10.8. The summed E-state index contributed by atoms with van der Waals surface area (Å²) in [5.74, 6) is -0.364. The largest absolute Gasteiger partial charge is 0.462 e. The summed E-state index contributed by atoms with van der Waals surface area (Å²) in [5, 5.41) is 12.4. The number of thioether (sulfide) groups is 1. The second-order valence-corrected chi connectivity index (χ2v) is 6.45. The third-order valence-electron chi connectivity index (χ3n) is 2.87. The maximum Gasteiger partial charge on any atom is 0.338 e. The number of pyridine rings is 1. The predicted octanol–water partition coefficient (Wildman–Crippen LogP) is 3.83. The van der Waals surface area contributed by atoms with E-state index in [0.29, 0.717) is 22.4 Å². The van der Waals surface area contributed by atoms with E-state index in [1.54, 1.807) is 25.3 Å². The molecule has 1 aromatic carbocycles. The number of hydrogen-bond donors (Lipinski definition) is 1. The lowest BCUT2D eigenvalue weighted by molar-refractivity contribution is 0.0526. The topological polar surface area (TPSA) is 87.4 Å². The van der Waals surface area contributed by atoms with E-state index in [-0.39, 0.29) is 5.97 Å². The highest BCUT2D eigenvalue weighted by atomic mass is 32.2. The number of nitriles is 1. The van der Waals surface area contributed by atoms with E-state index in [1.807, 2.05) is 36.7 Å². The Morgan fingerprint density at radius 2 is 2.24 bits per heavy atom. The SMILES string of the molecule is CCOC(=O)c1ccnc(Sc2cccc(N=C(NC#N)SC)c2)c1. The average molecular weight is 372 g/mol. The number of carbonyl (C=O) groups is 1. The van der Waals surface area contributed by atoms with Gasteiger partial charge in [0.25, 0.3) is 0 Å². The van der Waals surface area contributed by atoms with Crippen LogP contribution in [0.25, 0.3) is 0 Å². The van der Waals surface area contributed by atoms with Crippen LogP contribution >= 0.6 is 23.5 Å². The summed E-state index contributed by atoms with van der Waals surface area (Å²) in [6.45, 7) is 2.10. The molecule has 0 aliphatic carbocycles. The number of nitrogens with zero attached hydrogens (tertiary/aromatic N) is 3. The van der Waals surface area contributed by atoms with Gasteiger partial charge in [-0.05, 0) is 43.5 Å². The second-order valence-electron chi connectivity index (χ2n) is 4.56. The Hall–Kier alpha value is -2.50. The Balaban J connectivity index is 2.19. The second kappa shape index (κ2) is 9.71. The first-order chi connectivity index (χ1) is 12.2. The summed E-state index contributed by atoms with van der Waals surface area (Å²) in [6, 6.07) is 10.9. The molecule has 0 amide bonds. The van der Waals surface area contributed by atoms with Crippen LogP contribution in [0.2, 0.25) is 0 Å². The fraction of sp³-hybridized carbons (Fsp3) is 0.176. The van der Waals surface area contributed by atoms with Gasteiger partial charge < -0.3 is 4.74 Å². The molecule has 0 saturated heterocycles. The molecule has 1 heterocycles. The monoisotopic (exact) mass is 372 g/mol. The van der Waals surface area contributed by atoms with Gasteiger partial charge in [0.15, 0.2) is 11.4 Å². The molecule has 0 unspecified atom stereocenters. The zero-order valence-corrected chi connectivity index (χ0v) is 15.4. The lowest BCUT2D eigenvalue weighted by atomic mass is 10.3. The third-order valence-corrected chi connectivity index (χ3v) is 4.37. The van der Waals surface area contributed by atoms with Crippen LogP contribution in [0.3, 0.4) is 0 Å². The summed E-state index contributed by atoms with van der Waals surface area (Å²) in [6.07, 6.45) is 5.28. The quantitative estimate of drug-likeness (QED) is 0.280. The number of carbonyl (C=O) groups excluding carboxylic acids is 1. The van der Waals surface area contributed by atoms with Crippen LogP contribution in [0.1, 0.15) is 17.3 Å². The molecule has 25 heavy (non-hydrogen) atoms. The first-order valence-corrected chi connectivity index (χ1v) is 9.39. The first-order valence-electron chi connectivity index (χ1n) is 7.35. The van der Waals surface area contributed by atoms with E-state index >= 15 is 0 Å². The molecule has 2 rings (SSSR count). The summed E-state index contributed by atoms with van der Waals surface area (Å²) in [4.78, 5) is 21.4. The standard InChI is InChI=1S/C17H16N4O2S2/c1-3-23-16(22)12-7-8-19-15(9-12)25-14-6-4-5-13(10-14)21-17(24-2)20-11-18/h4-10H,3H2,1-2H3,(H,20,21). The molecule has 8 heteroatoms. The van der Waals surface area contributed by atoms with Crippen LogP contribution in [-0.4, -0.2) is 29.0 Å². The fourth-order valence-corrected chi connectivity index (χ4v) is 3.05. The van der Waals surface area contributed by atoms with Crippen molar-refractivity contribution in [1.29, 1.82) is 5.26 Å². The molecule has 0 spiro atoms. The van der Waals surface area contributed by atoms with E-state index in [1.165, 1.54) is 23.5 Å². The zero-order chi connectivity index (χ0) is 18.1. The van der Waals surface area contributed by atoms with E-state index in [2.05, 4.69) is 15.3 Å². The van der Waals surface area contributed by atoms with E-state index < -0.39 is 0 Å². The van der Waals surface area contributed by atoms with Gasteiger partial charge in [-0.25, -0.2) is 14.8 Å². The number of amidine groups is 1. The number of aliphatic imine (C=N–C) groups is 1. The molecular weight excluding hydrogens is 356 g/mol. The summed E-state index contributed by atoms with van der Waals surface area (Å²) in [7, 11) is 0. The number of rotatable bonds is 5. The van der Waals surface area contributed by atoms with E-state index in [9.17, 15) is 4.79 Å². The minimum atomic E-state index is -0.364. The van der Waals surface area contributed by atoms with Crippen molar-refractivity contribution in [2.24, 2.45) is 4.99 Å². The van der Waals surface area contributed by atoms with Gasteiger partial charge in [-0.15, -0.1) is 0 Å². The van der Waals surface area contributed by atoms with Gasteiger partial charge >= 0.3 is 5.97 Å². The Kier molecular flexibility index (Phi) is 7.32. The highest BCUT2D eigenvalue weighted by Gasteiger charge is 2.09. The van der Waals surface area contributed by atoms with Gasteiger partial charge in [-0.3, -0.25) is 5.32 Å². The summed E-state index contributed by atoms with van der Waals surface area (Å²) < 4.78 is 5.00. The first kappa shape index (κ1) is 18.8. The molecule has 0 atom stereocenters. The average Bonchev–Trinajstić information content (AvgIpc) is 2.62. The Morgan fingerprint density at radius 1 is 1.40 bits per heavy atom. The number of nitrogens with one attached hydrogen (secondary N) is 1. The minimum Gasteiger partial charge on any atom is -0.462 e.